The average molecular weight is 456 g/mol. The predicted molar refractivity (Wildman–Crippen MR) is 123 cm³/mol. The fourth-order valence-electron chi connectivity index (χ4n) is 4.06. The lowest BCUT2D eigenvalue weighted by molar-refractivity contribution is 0.0745. The molecule has 0 atom stereocenters. The highest BCUT2D eigenvalue weighted by Crippen LogP contribution is 2.43. The first-order valence-electron chi connectivity index (χ1n) is 10.5. The normalized spacial score (nSPS) is 16.6. The molecule has 1 amide bonds. The van der Waals surface area contributed by atoms with Crippen molar-refractivity contribution < 1.29 is 4.79 Å². The monoisotopic (exact) mass is 455 g/mol. The Hall–Kier alpha value is -2.57. The van der Waals surface area contributed by atoms with Crippen molar-refractivity contribution >= 4 is 34.9 Å². The number of rotatable bonds is 4. The summed E-state index contributed by atoms with van der Waals surface area (Å²) in [6.45, 7) is 4.75. The second-order valence-electron chi connectivity index (χ2n) is 8.18. The molecule has 0 radical (unpaired) electrons. The number of aromatic nitrogens is 3. The molecule has 2 aliphatic rings. The number of carbonyl (C=O) groups excluding carboxylic acids is 1. The van der Waals surface area contributed by atoms with Crippen LogP contribution in [0.1, 0.15) is 40.4 Å². The van der Waals surface area contributed by atoms with Gasteiger partial charge in [-0.15, -0.1) is 0 Å². The summed E-state index contributed by atoms with van der Waals surface area (Å²) in [7, 11) is 0. The van der Waals surface area contributed by atoms with E-state index in [2.05, 4.69) is 15.0 Å². The first-order valence-corrected chi connectivity index (χ1v) is 11.3. The van der Waals surface area contributed by atoms with Crippen molar-refractivity contribution in [2.45, 2.75) is 25.7 Å². The maximum Gasteiger partial charge on any atom is 0.257 e. The summed E-state index contributed by atoms with van der Waals surface area (Å²) in [5.41, 5.74) is 3.63. The quantitative estimate of drug-likeness (QED) is 0.570. The molecule has 1 aliphatic heterocycles. The molecular formula is C23H23Cl2N5O. The molecule has 6 nitrogen and oxygen atoms in total. The lowest BCUT2D eigenvalue weighted by Gasteiger charge is -2.35. The smallest absolute Gasteiger partial charge is 0.257 e. The van der Waals surface area contributed by atoms with Crippen molar-refractivity contribution in [3.05, 3.63) is 69.6 Å². The molecule has 2 aromatic heterocycles. The number of nitrogens with zero attached hydrogens (tertiary/aromatic N) is 5. The summed E-state index contributed by atoms with van der Waals surface area (Å²) in [4.78, 5) is 21.9. The fraction of sp³-hybridized carbons (Fsp3) is 0.348. The summed E-state index contributed by atoms with van der Waals surface area (Å²) in [5, 5.41) is 5.91. The molecule has 8 heteroatoms. The number of aryl methyl sites for hydroxylation is 1. The highest BCUT2D eigenvalue weighted by Gasteiger charge is 2.35. The Morgan fingerprint density at radius 2 is 1.81 bits per heavy atom. The minimum absolute atomic E-state index is 0.0510. The first-order chi connectivity index (χ1) is 15.0. The Morgan fingerprint density at radius 1 is 1.03 bits per heavy atom. The van der Waals surface area contributed by atoms with Gasteiger partial charge in [-0.3, -0.25) is 4.79 Å². The van der Waals surface area contributed by atoms with Gasteiger partial charge in [0.2, 0.25) is 0 Å². The zero-order valence-corrected chi connectivity index (χ0v) is 18.8. The van der Waals surface area contributed by atoms with Gasteiger partial charge >= 0.3 is 0 Å². The van der Waals surface area contributed by atoms with Crippen molar-refractivity contribution in [2.75, 3.05) is 31.1 Å². The largest absolute Gasteiger partial charge is 0.353 e. The van der Waals surface area contributed by atoms with Crippen LogP contribution >= 0.6 is 23.2 Å². The molecule has 2 fully saturated rings. The molecular weight excluding hydrogens is 433 g/mol. The van der Waals surface area contributed by atoms with E-state index >= 15 is 0 Å². The molecule has 1 saturated heterocycles. The minimum Gasteiger partial charge on any atom is -0.353 e. The van der Waals surface area contributed by atoms with E-state index in [4.69, 9.17) is 23.2 Å². The third kappa shape index (κ3) is 4.02. The maximum absolute atomic E-state index is 13.4. The third-order valence-electron chi connectivity index (χ3n) is 6.00. The zero-order chi connectivity index (χ0) is 21.5. The third-order valence-corrected chi connectivity index (χ3v) is 6.63. The number of hydrogen-bond acceptors (Lipinski definition) is 4. The second kappa shape index (κ2) is 8.17. The van der Waals surface area contributed by atoms with Crippen molar-refractivity contribution in [1.82, 2.24) is 19.7 Å². The van der Waals surface area contributed by atoms with Crippen LogP contribution in [-0.4, -0.2) is 51.8 Å². The Bertz CT molecular complexity index is 1120. The molecule has 1 aliphatic carbocycles. The van der Waals surface area contributed by atoms with Crippen LogP contribution in [0, 0.1) is 6.92 Å². The molecule has 160 valence electrons. The average Bonchev–Trinajstić information content (AvgIpc) is 3.53. The van der Waals surface area contributed by atoms with Crippen LogP contribution < -0.4 is 4.90 Å². The molecule has 0 spiro atoms. The number of piperazine rings is 1. The maximum atomic E-state index is 13.4. The van der Waals surface area contributed by atoms with Gasteiger partial charge in [0, 0.05) is 43.3 Å². The van der Waals surface area contributed by atoms with Crippen LogP contribution in [0.5, 0.6) is 0 Å². The van der Waals surface area contributed by atoms with E-state index in [0.29, 0.717) is 34.6 Å². The predicted octanol–water partition coefficient (Wildman–Crippen LogP) is 4.72. The van der Waals surface area contributed by atoms with Crippen molar-refractivity contribution in [3.8, 4) is 5.69 Å². The Balaban J connectivity index is 1.36. The number of pyridine rings is 1. The number of anilines is 1. The number of benzene rings is 1. The van der Waals surface area contributed by atoms with E-state index in [1.54, 1.807) is 12.4 Å². The summed E-state index contributed by atoms with van der Waals surface area (Å²) in [5.74, 6) is 1.32. The number of halogens is 2. The van der Waals surface area contributed by atoms with E-state index in [1.165, 1.54) is 0 Å². The molecule has 0 N–H and O–H groups in total. The summed E-state index contributed by atoms with van der Waals surface area (Å²) in [6.07, 6.45) is 5.54. The van der Waals surface area contributed by atoms with Gasteiger partial charge in [0.25, 0.3) is 5.91 Å². The van der Waals surface area contributed by atoms with Gasteiger partial charge in [-0.25, -0.2) is 9.67 Å². The van der Waals surface area contributed by atoms with Crippen molar-refractivity contribution in [3.63, 3.8) is 0 Å². The number of carbonyl (C=O) groups is 1. The van der Waals surface area contributed by atoms with Crippen LogP contribution in [0.4, 0.5) is 5.82 Å². The van der Waals surface area contributed by atoms with Gasteiger partial charge in [0.1, 0.15) is 5.82 Å². The Labute approximate surface area is 191 Å². The summed E-state index contributed by atoms with van der Waals surface area (Å²) < 4.78 is 1.89. The molecule has 5 rings (SSSR count). The van der Waals surface area contributed by atoms with Gasteiger partial charge in [0.05, 0.1) is 28.2 Å². The van der Waals surface area contributed by atoms with Gasteiger partial charge in [-0.2, -0.15) is 5.10 Å². The number of amides is 1. The fourth-order valence-corrected chi connectivity index (χ4v) is 4.34. The Kier molecular flexibility index (Phi) is 5.36. The summed E-state index contributed by atoms with van der Waals surface area (Å²) >= 11 is 12.3. The van der Waals surface area contributed by atoms with E-state index < -0.39 is 0 Å². The van der Waals surface area contributed by atoms with Gasteiger partial charge in [-0.1, -0.05) is 29.3 Å². The molecule has 3 heterocycles. The van der Waals surface area contributed by atoms with E-state index in [1.807, 2.05) is 46.8 Å². The second-order valence-corrected chi connectivity index (χ2v) is 9.02. The van der Waals surface area contributed by atoms with Crippen LogP contribution in [0.15, 0.2) is 42.7 Å². The van der Waals surface area contributed by atoms with Crippen LogP contribution in [0.2, 0.25) is 10.0 Å². The van der Waals surface area contributed by atoms with Crippen molar-refractivity contribution in [1.29, 1.82) is 0 Å². The van der Waals surface area contributed by atoms with Crippen LogP contribution in [0.25, 0.3) is 5.69 Å². The topological polar surface area (TPSA) is 54.3 Å². The minimum atomic E-state index is 0.0510. The SMILES string of the molecule is Cc1ccc(-n2ncc(C(=O)N3CCN(c4ccc(Cl)cn4)CC3)c2C2CC2)cc1Cl. The molecule has 1 saturated carbocycles. The van der Waals surface area contributed by atoms with E-state index in [0.717, 1.165) is 48.7 Å². The standard InChI is InChI=1S/C23H23Cl2N5O/c1-15-2-6-18(12-20(15)25)30-22(16-3-4-16)19(14-27-30)23(31)29-10-8-28(9-11-29)21-7-5-17(24)13-26-21/h2,5-7,12-14,16H,3-4,8-11H2,1H3. The highest BCUT2D eigenvalue weighted by molar-refractivity contribution is 6.31. The van der Waals surface area contributed by atoms with Crippen LogP contribution in [0.3, 0.4) is 0 Å². The molecule has 0 unspecified atom stereocenters. The lowest BCUT2D eigenvalue weighted by atomic mass is 10.1. The molecule has 31 heavy (non-hydrogen) atoms. The van der Waals surface area contributed by atoms with Gasteiger partial charge in [-0.05, 0) is 49.6 Å². The summed E-state index contributed by atoms with van der Waals surface area (Å²) in [6, 6.07) is 9.67. The lowest BCUT2D eigenvalue weighted by Crippen LogP contribution is -2.49. The van der Waals surface area contributed by atoms with Crippen molar-refractivity contribution in [2.24, 2.45) is 0 Å². The van der Waals surface area contributed by atoms with Gasteiger partial charge < -0.3 is 9.80 Å². The zero-order valence-electron chi connectivity index (χ0n) is 17.3. The molecule has 1 aromatic carbocycles. The first kappa shape index (κ1) is 20.3. The van der Waals surface area contributed by atoms with E-state index in [-0.39, 0.29) is 5.91 Å². The van der Waals surface area contributed by atoms with Crippen LogP contribution in [-0.2, 0) is 0 Å². The van der Waals surface area contributed by atoms with E-state index in [9.17, 15) is 4.79 Å². The Morgan fingerprint density at radius 3 is 2.45 bits per heavy atom. The van der Waals surface area contributed by atoms with Gasteiger partial charge in [0.15, 0.2) is 0 Å². The number of hydrogen-bond donors (Lipinski definition) is 0. The highest BCUT2D eigenvalue weighted by atomic mass is 35.5. The molecule has 3 aromatic rings. The molecule has 0 bridgehead atoms.